The Morgan fingerprint density at radius 1 is 1.43 bits per heavy atom. The normalized spacial score (nSPS) is 14.3. The second-order valence-electron chi connectivity index (χ2n) is 3.68. The lowest BCUT2D eigenvalue weighted by Gasteiger charge is -2.12. The van der Waals surface area contributed by atoms with E-state index >= 15 is 0 Å². The summed E-state index contributed by atoms with van der Waals surface area (Å²) in [7, 11) is 0. The Hall–Kier alpha value is -0.520. The van der Waals surface area contributed by atoms with Gasteiger partial charge >= 0.3 is 0 Å². The average Bonchev–Trinajstić information content (AvgIpc) is 2.13. The summed E-state index contributed by atoms with van der Waals surface area (Å²) in [6.45, 7) is 7.52. The molecule has 0 fully saturated rings. The maximum Gasteiger partial charge on any atom is 0.115 e. The largest absolute Gasteiger partial charge is 0.381 e. The molecular weight excluding hydrogens is 176 g/mol. The highest BCUT2D eigenvalue weighted by atomic mass is 16.5. The molecule has 0 rings (SSSR count). The van der Waals surface area contributed by atoms with E-state index in [2.05, 4.69) is 25.7 Å². The van der Waals surface area contributed by atoms with Crippen LogP contribution in [0.25, 0.3) is 0 Å². The van der Waals surface area contributed by atoms with Gasteiger partial charge < -0.3 is 9.84 Å². The van der Waals surface area contributed by atoms with Crippen molar-refractivity contribution in [2.45, 2.75) is 46.1 Å². The van der Waals surface area contributed by atoms with E-state index in [0.29, 0.717) is 12.3 Å². The van der Waals surface area contributed by atoms with Crippen LogP contribution in [0.4, 0.5) is 0 Å². The number of hydrogen-bond acceptors (Lipinski definition) is 2. The lowest BCUT2D eigenvalue weighted by atomic mass is 10.1. The molecule has 0 aliphatic heterocycles. The van der Waals surface area contributed by atoms with Crippen LogP contribution in [0.1, 0.15) is 40.0 Å². The van der Waals surface area contributed by atoms with Gasteiger partial charge in [0.25, 0.3) is 0 Å². The first kappa shape index (κ1) is 13.5. The van der Waals surface area contributed by atoms with Crippen molar-refractivity contribution in [3.05, 3.63) is 0 Å². The minimum Gasteiger partial charge on any atom is -0.381 e. The highest BCUT2D eigenvalue weighted by Crippen LogP contribution is 2.06. The van der Waals surface area contributed by atoms with Gasteiger partial charge in [-0.1, -0.05) is 26.2 Å². The Kier molecular flexibility index (Phi) is 8.72. The summed E-state index contributed by atoms with van der Waals surface area (Å²) < 4.78 is 5.46. The zero-order valence-corrected chi connectivity index (χ0v) is 9.55. The van der Waals surface area contributed by atoms with Crippen molar-refractivity contribution in [2.75, 3.05) is 13.2 Å². The Labute approximate surface area is 87.7 Å². The molecule has 0 radical (unpaired) electrons. The SMILES string of the molecule is CC#CC(O)CC(C)COCCCC. The molecule has 1 N–H and O–H groups in total. The second-order valence-corrected chi connectivity index (χ2v) is 3.68. The molecule has 0 heterocycles. The molecular formula is C12H22O2. The van der Waals surface area contributed by atoms with Crippen LogP contribution in [-0.4, -0.2) is 24.4 Å². The fourth-order valence-corrected chi connectivity index (χ4v) is 1.21. The number of hydrogen-bond donors (Lipinski definition) is 1. The van der Waals surface area contributed by atoms with E-state index in [1.54, 1.807) is 6.92 Å². The number of unbranched alkanes of at least 4 members (excludes halogenated alkanes) is 1. The highest BCUT2D eigenvalue weighted by molar-refractivity contribution is 5.01. The smallest absolute Gasteiger partial charge is 0.115 e. The first-order valence-electron chi connectivity index (χ1n) is 5.38. The van der Waals surface area contributed by atoms with Crippen LogP contribution in [-0.2, 0) is 4.74 Å². The van der Waals surface area contributed by atoms with E-state index in [4.69, 9.17) is 4.74 Å². The Morgan fingerprint density at radius 2 is 2.14 bits per heavy atom. The monoisotopic (exact) mass is 198 g/mol. The van der Waals surface area contributed by atoms with Crippen molar-refractivity contribution in [3.63, 3.8) is 0 Å². The third kappa shape index (κ3) is 8.10. The van der Waals surface area contributed by atoms with E-state index in [9.17, 15) is 5.11 Å². The summed E-state index contributed by atoms with van der Waals surface area (Å²) in [5, 5.41) is 9.39. The van der Waals surface area contributed by atoms with Crippen molar-refractivity contribution in [2.24, 2.45) is 5.92 Å². The molecule has 2 nitrogen and oxygen atoms in total. The summed E-state index contributed by atoms with van der Waals surface area (Å²) >= 11 is 0. The van der Waals surface area contributed by atoms with Crippen LogP contribution in [0.5, 0.6) is 0 Å². The third-order valence-electron chi connectivity index (χ3n) is 1.98. The first-order chi connectivity index (χ1) is 6.70. The lowest BCUT2D eigenvalue weighted by molar-refractivity contribution is 0.0843. The maximum atomic E-state index is 9.39. The zero-order chi connectivity index (χ0) is 10.8. The summed E-state index contributed by atoms with van der Waals surface area (Å²) in [6.07, 6.45) is 2.49. The van der Waals surface area contributed by atoms with E-state index in [1.165, 1.54) is 0 Å². The van der Waals surface area contributed by atoms with E-state index in [1.807, 2.05) is 0 Å². The molecule has 14 heavy (non-hydrogen) atoms. The molecule has 2 unspecified atom stereocenters. The molecule has 0 aromatic rings. The zero-order valence-electron chi connectivity index (χ0n) is 9.55. The first-order valence-corrected chi connectivity index (χ1v) is 5.38. The Bertz CT molecular complexity index is 178. The van der Waals surface area contributed by atoms with Gasteiger partial charge in [0.15, 0.2) is 0 Å². The Morgan fingerprint density at radius 3 is 2.71 bits per heavy atom. The molecule has 0 aliphatic rings. The maximum absolute atomic E-state index is 9.39. The van der Waals surface area contributed by atoms with Crippen LogP contribution in [0, 0.1) is 17.8 Å². The summed E-state index contributed by atoms with van der Waals surface area (Å²) in [6, 6.07) is 0. The lowest BCUT2D eigenvalue weighted by Crippen LogP contribution is -2.14. The van der Waals surface area contributed by atoms with Gasteiger partial charge in [-0.15, -0.1) is 5.92 Å². The van der Waals surface area contributed by atoms with Crippen LogP contribution in [0.15, 0.2) is 0 Å². The van der Waals surface area contributed by atoms with Gasteiger partial charge in [0.05, 0.1) is 0 Å². The molecule has 0 aromatic heterocycles. The van der Waals surface area contributed by atoms with Crippen molar-refractivity contribution < 1.29 is 9.84 Å². The van der Waals surface area contributed by atoms with Gasteiger partial charge in [-0.2, -0.15) is 0 Å². The molecule has 0 bridgehead atoms. The van der Waals surface area contributed by atoms with E-state index in [0.717, 1.165) is 26.1 Å². The van der Waals surface area contributed by atoms with Gasteiger partial charge in [-0.05, 0) is 25.7 Å². The van der Waals surface area contributed by atoms with E-state index in [-0.39, 0.29) is 0 Å². The predicted molar refractivity (Wildman–Crippen MR) is 59.0 cm³/mol. The highest BCUT2D eigenvalue weighted by Gasteiger charge is 2.07. The fourth-order valence-electron chi connectivity index (χ4n) is 1.21. The van der Waals surface area contributed by atoms with Crippen LogP contribution >= 0.6 is 0 Å². The molecule has 0 saturated heterocycles. The molecule has 0 amide bonds. The molecule has 0 aliphatic carbocycles. The van der Waals surface area contributed by atoms with Crippen LogP contribution in [0.3, 0.4) is 0 Å². The van der Waals surface area contributed by atoms with Crippen LogP contribution in [0.2, 0.25) is 0 Å². The standard InChI is InChI=1S/C12H22O2/c1-4-6-8-14-10-11(3)9-12(13)7-5-2/h11-13H,4,6,8-10H2,1-3H3. The average molecular weight is 198 g/mol. The van der Waals surface area contributed by atoms with Crippen molar-refractivity contribution in [3.8, 4) is 11.8 Å². The summed E-state index contributed by atoms with van der Waals surface area (Å²) in [5.41, 5.74) is 0. The van der Waals surface area contributed by atoms with Gasteiger partial charge in [0.1, 0.15) is 6.10 Å². The number of ether oxygens (including phenoxy) is 1. The van der Waals surface area contributed by atoms with Crippen molar-refractivity contribution >= 4 is 0 Å². The number of aliphatic hydroxyl groups is 1. The predicted octanol–water partition coefficient (Wildman–Crippen LogP) is 2.21. The summed E-state index contributed by atoms with van der Waals surface area (Å²) in [5.74, 6) is 5.81. The van der Waals surface area contributed by atoms with Gasteiger partial charge in [-0.25, -0.2) is 0 Å². The number of rotatable bonds is 7. The Balaban J connectivity index is 3.43. The minimum atomic E-state index is -0.496. The molecule has 82 valence electrons. The number of aliphatic hydroxyl groups excluding tert-OH is 1. The quantitative estimate of drug-likeness (QED) is 0.502. The second kappa shape index (κ2) is 9.05. The van der Waals surface area contributed by atoms with Gasteiger partial charge in [0.2, 0.25) is 0 Å². The minimum absolute atomic E-state index is 0.378. The van der Waals surface area contributed by atoms with Crippen LogP contribution < -0.4 is 0 Å². The fraction of sp³-hybridized carbons (Fsp3) is 0.833. The molecule has 0 aromatic carbocycles. The summed E-state index contributed by atoms with van der Waals surface area (Å²) in [4.78, 5) is 0. The van der Waals surface area contributed by atoms with Gasteiger partial charge in [-0.3, -0.25) is 0 Å². The molecule has 0 saturated carbocycles. The molecule has 2 atom stereocenters. The van der Waals surface area contributed by atoms with Crippen molar-refractivity contribution in [1.29, 1.82) is 0 Å². The molecule has 2 heteroatoms. The topological polar surface area (TPSA) is 29.5 Å². The van der Waals surface area contributed by atoms with Crippen molar-refractivity contribution in [1.82, 2.24) is 0 Å². The van der Waals surface area contributed by atoms with Gasteiger partial charge in [0, 0.05) is 13.2 Å². The third-order valence-corrected chi connectivity index (χ3v) is 1.98. The molecule has 0 spiro atoms. The van der Waals surface area contributed by atoms with E-state index < -0.39 is 6.10 Å².